The van der Waals surface area contributed by atoms with Crippen molar-refractivity contribution in [2.45, 2.75) is 19.4 Å². The molecule has 3 N–H and O–H groups in total. The number of aromatic amines is 1. The number of aliphatic hydroxyl groups excluding tert-OH is 1. The molecule has 140 valence electrons. The van der Waals surface area contributed by atoms with Crippen molar-refractivity contribution in [1.82, 2.24) is 24.8 Å². The second-order valence-corrected chi connectivity index (χ2v) is 6.88. The van der Waals surface area contributed by atoms with Crippen LogP contribution in [-0.2, 0) is 6.54 Å². The molecule has 8 heteroatoms. The smallest absolute Gasteiger partial charge is 0.276 e. The zero-order valence-electron chi connectivity index (χ0n) is 14.9. The summed E-state index contributed by atoms with van der Waals surface area (Å²) in [5.74, 6) is 0.146. The van der Waals surface area contributed by atoms with Gasteiger partial charge in [-0.1, -0.05) is 12.1 Å². The van der Waals surface area contributed by atoms with Crippen LogP contribution in [0.15, 0.2) is 36.9 Å². The molecule has 0 aliphatic carbocycles. The summed E-state index contributed by atoms with van der Waals surface area (Å²) in [5.41, 5.74) is 3.18. The SMILES string of the molecule is O=C(Nc1ccc(CN2CCC(CO)CC2)cc1)c1ncnc2nc[nH]c12. The molecular weight excluding hydrogens is 344 g/mol. The van der Waals surface area contributed by atoms with Crippen LogP contribution in [0.25, 0.3) is 11.2 Å². The molecule has 3 heterocycles. The average Bonchev–Trinajstić information content (AvgIpc) is 3.19. The van der Waals surface area contributed by atoms with E-state index in [1.54, 1.807) is 0 Å². The van der Waals surface area contributed by atoms with Crippen molar-refractivity contribution < 1.29 is 9.90 Å². The number of imidazole rings is 1. The van der Waals surface area contributed by atoms with Crippen LogP contribution in [0, 0.1) is 5.92 Å². The highest BCUT2D eigenvalue weighted by molar-refractivity contribution is 6.09. The zero-order valence-corrected chi connectivity index (χ0v) is 14.9. The molecule has 2 aromatic heterocycles. The lowest BCUT2D eigenvalue weighted by atomic mass is 9.97. The minimum atomic E-state index is -0.300. The Hall–Kier alpha value is -2.84. The van der Waals surface area contributed by atoms with Crippen LogP contribution < -0.4 is 5.32 Å². The Morgan fingerprint density at radius 3 is 2.70 bits per heavy atom. The number of rotatable bonds is 5. The van der Waals surface area contributed by atoms with Gasteiger partial charge < -0.3 is 15.4 Å². The molecule has 0 atom stereocenters. The third-order valence-electron chi connectivity index (χ3n) is 5.02. The molecule has 1 fully saturated rings. The van der Waals surface area contributed by atoms with Gasteiger partial charge in [-0.3, -0.25) is 9.69 Å². The Morgan fingerprint density at radius 1 is 1.19 bits per heavy atom. The highest BCUT2D eigenvalue weighted by atomic mass is 16.3. The number of piperidine rings is 1. The number of hydrogen-bond acceptors (Lipinski definition) is 6. The molecule has 4 rings (SSSR count). The van der Waals surface area contributed by atoms with Gasteiger partial charge in [-0.25, -0.2) is 15.0 Å². The highest BCUT2D eigenvalue weighted by Crippen LogP contribution is 2.19. The Labute approximate surface area is 156 Å². The van der Waals surface area contributed by atoms with Crippen molar-refractivity contribution in [2.24, 2.45) is 5.92 Å². The maximum Gasteiger partial charge on any atom is 0.276 e. The lowest BCUT2D eigenvalue weighted by molar-refractivity contribution is 0.102. The first-order valence-electron chi connectivity index (χ1n) is 9.10. The van der Waals surface area contributed by atoms with Crippen LogP contribution >= 0.6 is 0 Å². The number of aliphatic hydroxyl groups is 1. The molecule has 0 unspecified atom stereocenters. The Kier molecular flexibility index (Phi) is 5.08. The lowest BCUT2D eigenvalue weighted by Gasteiger charge is -2.31. The number of H-pyrrole nitrogens is 1. The number of carbonyl (C=O) groups excluding carboxylic acids is 1. The number of nitrogens with zero attached hydrogens (tertiary/aromatic N) is 4. The normalized spacial score (nSPS) is 15.9. The zero-order chi connectivity index (χ0) is 18.6. The van der Waals surface area contributed by atoms with E-state index in [1.807, 2.05) is 24.3 Å². The first kappa shape index (κ1) is 17.6. The standard InChI is InChI=1S/C19H22N6O2/c26-10-14-5-7-25(8-6-14)9-13-1-3-15(4-2-13)24-19(27)17-16-18(22-11-20-16)23-12-21-17/h1-4,11-12,14,26H,5-10H2,(H,24,27)(H,20,21,22,23). The van der Waals surface area contributed by atoms with Gasteiger partial charge in [0, 0.05) is 18.8 Å². The molecule has 1 saturated heterocycles. The van der Waals surface area contributed by atoms with E-state index in [4.69, 9.17) is 0 Å². The van der Waals surface area contributed by atoms with Gasteiger partial charge in [0.25, 0.3) is 5.91 Å². The molecule has 3 aromatic rings. The molecule has 1 aromatic carbocycles. The maximum atomic E-state index is 12.5. The van der Waals surface area contributed by atoms with Crippen LogP contribution in [0.1, 0.15) is 28.9 Å². The molecular formula is C19H22N6O2. The van der Waals surface area contributed by atoms with Gasteiger partial charge in [-0.05, 0) is 49.5 Å². The van der Waals surface area contributed by atoms with Crippen molar-refractivity contribution >= 4 is 22.8 Å². The number of hydrogen-bond donors (Lipinski definition) is 3. The lowest BCUT2D eigenvalue weighted by Crippen LogP contribution is -2.34. The topological polar surface area (TPSA) is 107 Å². The molecule has 1 amide bonds. The fourth-order valence-corrected chi connectivity index (χ4v) is 3.41. The van der Waals surface area contributed by atoms with Crippen molar-refractivity contribution in [2.75, 3.05) is 25.0 Å². The third-order valence-corrected chi connectivity index (χ3v) is 5.02. The summed E-state index contributed by atoms with van der Waals surface area (Å²) in [4.78, 5) is 29.9. The molecule has 1 aliphatic heterocycles. The van der Waals surface area contributed by atoms with Crippen LogP contribution in [0.5, 0.6) is 0 Å². The average molecular weight is 366 g/mol. The van der Waals surface area contributed by atoms with E-state index in [0.29, 0.717) is 29.4 Å². The molecule has 0 bridgehead atoms. The molecule has 8 nitrogen and oxygen atoms in total. The second kappa shape index (κ2) is 7.81. The van der Waals surface area contributed by atoms with E-state index < -0.39 is 0 Å². The Balaban J connectivity index is 1.38. The number of benzene rings is 1. The van der Waals surface area contributed by atoms with E-state index in [9.17, 15) is 9.90 Å². The summed E-state index contributed by atoms with van der Waals surface area (Å²) < 4.78 is 0. The number of nitrogens with one attached hydrogen (secondary N) is 2. The predicted molar refractivity (Wildman–Crippen MR) is 101 cm³/mol. The quantitative estimate of drug-likeness (QED) is 0.636. The van der Waals surface area contributed by atoms with E-state index in [2.05, 4.69) is 30.2 Å². The molecule has 0 radical (unpaired) electrons. The number of carbonyl (C=O) groups is 1. The van der Waals surface area contributed by atoms with Gasteiger partial charge >= 0.3 is 0 Å². The Bertz CT molecular complexity index is 915. The highest BCUT2D eigenvalue weighted by Gasteiger charge is 2.18. The van der Waals surface area contributed by atoms with Gasteiger partial charge in [-0.15, -0.1) is 0 Å². The van der Waals surface area contributed by atoms with Crippen molar-refractivity contribution in [1.29, 1.82) is 0 Å². The van der Waals surface area contributed by atoms with Crippen LogP contribution in [0.4, 0.5) is 5.69 Å². The van der Waals surface area contributed by atoms with Gasteiger partial charge in [0.1, 0.15) is 11.8 Å². The number of likely N-dealkylation sites (tertiary alicyclic amines) is 1. The fraction of sp³-hybridized carbons (Fsp3) is 0.368. The van der Waals surface area contributed by atoms with Gasteiger partial charge in [-0.2, -0.15) is 0 Å². The third kappa shape index (κ3) is 3.96. The van der Waals surface area contributed by atoms with Crippen molar-refractivity contribution in [3.63, 3.8) is 0 Å². The molecule has 27 heavy (non-hydrogen) atoms. The van der Waals surface area contributed by atoms with E-state index in [1.165, 1.54) is 18.2 Å². The van der Waals surface area contributed by atoms with E-state index in [0.717, 1.165) is 32.5 Å². The van der Waals surface area contributed by atoms with Gasteiger partial charge in [0.15, 0.2) is 11.3 Å². The summed E-state index contributed by atoms with van der Waals surface area (Å²) in [6.45, 7) is 3.20. The number of aromatic nitrogens is 4. The van der Waals surface area contributed by atoms with E-state index >= 15 is 0 Å². The molecule has 0 saturated carbocycles. The molecule has 0 spiro atoms. The minimum Gasteiger partial charge on any atom is -0.396 e. The largest absolute Gasteiger partial charge is 0.396 e. The van der Waals surface area contributed by atoms with Gasteiger partial charge in [0.2, 0.25) is 0 Å². The summed E-state index contributed by atoms with van der Waals surface area (Å²) in [6, 6.07) is 7.86. The minimum absolute atomic E-state index is 0.272. The fourth-order valence-electron chi connectivity index (χ4n) is 3.41. The van der Waals surface area contributed by atoms with Gasteiger partial charge in [0.05, 0.1) is 6.33 Å². The van der Waals surface area contributed by atoms with Crippen molar-refractivity contribution in [3.05, 3.63) is 48.2 Å². The summed E-state index contributed by atoms with van der Waals surface area (Å²) in [7, 11) is 0. The summed E-state index contributed by atoms with van der Waals surface area (Å²) in [6.07, 6.45) is 4.92. The first-order chi connectivity index (χ1) is 13.2. The van der Waals surface area contributed by atoms with Crippen molar-refractivity contribution in [3.8, 4) is 0 Å². The first-order valence-corrected chi connectivity index (χ1v) is 9.10. The predicted octanol–water partition coefficient (Wildman–Crippen LogP) is 1.81. The summed E-state index contributed by atoms with van der Waals surface area (Å²) >= 11 is 0. The van der Waals surface area contributed by atoms with Crippen LogP contribution in [-0.4, -0.2) is 55.5 Å². The molecule has 1 aliphatic rings. The number of amides is 1. The maximum absolute atomic E-state index is 12.5. The number of fused-ring (bicyclic) bond motifs is 1. The monoisotopic (exact) mass is 366 g/mol. The van der Waals surface area contributed by atoms with E-state index in [-0.39, 0.29) is 11.6 Å². The second-order valence-electron chi connectivity index (χ2n) is 6.88. The van der Waals surface area contributed by atoms with Crippen LogP contribution in [0.3, 0.4) is 0 Å². The Morgan fingerprint density at radius 2 is 1.96 bits per heavy atom. The number of anilines is 1. The summed E-state index contributed by atoms with van der Waals surface area (Å²) in [5, 5.41) is 12.1. The van der Waals surface area contributed by atoms with Crippen LogP contribution in [0.2, 0.25) is 0 Å².